The number of benzene rings is 3. The minimum Gasteiger partial charge on any atom is -0.334 e. The van der Waals surface area contributed by atoms with Gasteiger partial charge in [0.2, 0.25) is 5.82 Å². The molecule has 5 rings (SSSR count). The molecule has 3 aromatic carbocycles. The van der Waals surface area contributed by atoms with Gasteiger partial charge in [-0.2, -0.15) is 4.98 Å². The van der Waals surface area contributed by atoms with Crippen LogP contribution in [0.5, 0.6) is 0 Å². The van der Waals surface area contributed by atoms with Crippen molar-refractivity contribution < 1.29 is 4.52 Å². The number of aromatic nitrogens is 3. The first-order valence-electron chi connectivity index (χ1n) is 9.41. The highest BCUT2D eigenvalue weighted by Crippen LogP contribution is 2.29. The molecular weight excluding hydrogens is 398 g/mol. The van der Waals surface area contributed by atoms with Crippen LogP contribution in [0.4, 0.5) is 0 Å². The van der Waals surface area contributed by atoms with Crippen molar-refractivity contribution >= 4 is 22.4 Å². The molecule has 0 N–H and O–H groups in total. The lowest BCUT2D eigenvalue weighted by Gasteiger charge is -2.11. The van der Waals surface area contributed by atoms with Crippen LogP contribution >= 0.6 is 11.6 Å². The van der Waals surface area contributed by atoms with Gasteiger partial charge in [-0.15, -0.1) is 0 Å². The van der Waals surface area contributed by atoms with Gasteiger partial charge in [-0.1, -0.05) is 59.2 Å². The van der Waals surface area contributed by atoms with Crippen molar-refractivity contribution in [1.82, 2.24) is 14.7 Å². The van der Waals surface area contributed by atoms with Gasteiger partial charge >= 0.3 is 0 Å². The first-order valence-corrected chi connectivity index (χ1v) is 9.79. The average molecular weight is 414 g/mol. The Bertz CT molecular complexity index is 1450. The molecule has 0 fully saturated rings. The van der Waals surface area contributed by atoms with Crippen LogP contribution in [-0.4, -0.2) is 14.7 Å². The highest BCUT2D eigenvalue weighted by atomic mass is 35.5. The number of aryl methyl sites for hydroxylation is 1. The molecule has 0 atom stereocenters. The van der Waals surface area contributed by atoms with Crippen LogP contribution in [-0.2, 0) is 0 Å². The maximum absolute atomic E-state index is 13.2. The number of hydrogen-bond donors (Lipinski definition) is 0. The normalized spacial score (nSPS) is 11.1. The molecule has 6 heteroatoms. The zero-order valence-corrected chi connectivity index (χ0v) is 16.8. The van der Waals surface area contributed by atoms with E-state index >= 15 is 0 Å². The molecule has 0 aliphatic carbocycles. The Hall–Kier alpha value is -3.70. The molecule has 0 saturated carbocycles. The molecule has 0 spiro atoms. The van der Waals surface area contributed by atoms with Crippen LogP contribution in [0.25, 0.3) is 39.3 Å². The van der Waals surface area contributed by atoms with Gasteiger partial charge in [-0.3, -0.25) is 9.36 Å². The minimum absolute atomic E-state index is 0.102. The smallest absolute Gasteiger partial charge is 0.262 e. The van der Waals surface area contributed by atoms with E-state index in [1.807, 2.05) is 67.6 Å². The first kappa shape index (κ1) is 18.3. The van der Waals surface area contributed by atoms with Gasteiger partial charge < -0.3 is 4.52 Å². The lowest BCUT2D eigenvalue weighted by molar-refractivity contribution is 0.432. The predicted octanol–water partition coefficient (Wildman–Crippen LogP) is 5.67. The van der Waals surface area contributed by atoms with Crippen LogP contribution < -0.4 is 5.56 Å². The van der Waals surface area contributed by atoms with Crippen LogP contribution in [0.3, 0.4) is 0 Å². The molecular formula is C24H16ClN3O2. The summed E-state index contributed by atoms with van der Waals surface area (Å²) in [5, 5.41) is 6.05. The summed E-state index contributed by atoms with van der Waals surface area (Å²) in [6.07, 6.45) is 1.76. The highest BCUT2D eigenvalue weighted by Gasteiger charge is 2.17. The number of halogens is 1. The maximum atomic E-state index is 13.2. The number of pyridine rings is 1. The van der Waals surface area contributed by atoms with E-state index in [-0.39, 0.29) is 5.56 Å². The van der Waals surface area contributed by atoms with Crippen LogP contribution in [0.2, 0.25) is 5.02 Å². The Kier molecular flexibility index (Phi) is 4.45. The van der Waals surface area contributed by atoms with Gasteiger partial charge in [0.1, 0.15) is 0 Å². The Balaban J connectivity index is 1.74. The fraction of sp³-hybridized carbons (Fsp3) is 0.0417. The van der Waals surface area contributed by atoms with Gasteiger partial charge in [-0.25, -0.2) is 0 Å². The van der Waals surface area contributed by atoms with E-state index < -0.39 is 0 Å². The van der Waals surface area contributed by atoms with Crippen molar-refractivity contribution in [3.8, 4) is 28.5 Å². The lowest BCUT2D eigenvalue weighted by atomic mass is 10.1. The SMILES string of the molecule is Cc1cccc(-n2cc(-c3nc(-c4cccc(Cl)c4)no3)c3ccccc3c2=O)c1. The largest absolute Gasteiger partial charge is 0.334 e. The molecule has 30 heavy (non-hydrogen) atoms. The Morgan fingerprint density at radius 3 is 2.53 bits per heavy atom. The topological polar surface area (TPSA) is 60.9 Å². The molecule has 0 unspecified atom stereocenters. The van der Waals surface area contributed by atoms with E-state index in [0.717, 1.165) is 22.2 Å². The monoisotopic (exact) mass is 413 g/mol. The van der Waals surface area contributed by atoms with E-state index in [0.29, 0.717) is 27.7 Å². The molecule has 0 saturated heterocycles. The number of nitrogens with zero attached hydrogens (tertiary/aromatic N) is 3. The van der Waals surface area contributed by atoms with Crippen LogP contribution in [0, 0.1) is 6.92 Å². The third-order valence-corrected chi connectivity index (χ3v) is 5.18. The standard InChI is InChI=1S/C24H16ClN3O2/c1-15-6-4-9-18(12-15)28-14-21(19-10-2-3-11-20(19)24(28)29)23-26-22(27-30-23)16-7-5-8-17(25)13-16/h2-14H,1H3. The summed E-state index contributed by atoms with van der Waals surface area (Å²) < 4.78 is 7.21. The molecule has 5 aromatic rings. The fourth-order valence-electron chi connectivity index (χ4n) is 3.51. The number of hydrogen-bond acceptors (Lipinski definition) is 4. The van der Waals surface area contributed by atoms with Crippen molar-refractivity contribution in [3.63, 3.8) is 0 Å². The number of fused-ring (bicyclic) bond motifs is 1. The maximum Gasteiger partial charge on any atom is 0.262 e. The number of rotatable bonds is 3. The van der Waals surface area contributed by atoms with Gasteiger partial charge in [-0.05, 0) is 42.8 Å². The summed E-state index contributed by atoms with van der Waals surface area (Å²) in [5.74, 6) is 0.771. The molecule has 0 bridgehead atoms. The Morgan fingerprint density at radius 1 is 0.933 bits per heavy atom. The van der Waals surface area contributed by atoms with Crippen molar-refractivity contribution in [3.05, 3.63) is 99.9 Å². The van der Waals surface area contributed by atoms with Crippen molar-refractivity contribution in [2.75, 3.05) is 0 Å². The van der Waals surface area contributed by atoms with Crippen molar-refractivity contribution in [2.24, 2.45) is 0 Å². The first-order chi connectivity index (χ1) is 14.6. The molecule has 2 aromatic heterocycles. The fourth-order valence-corrected chi connectivity index (χ4v) is 3.70. The van der Waals surface area contributed by atoms with E-state index in [4.69, 9.17) is 16.1 Å². The average Bonchev–Trinajstić information content (AvgIpc) is 3.24. The predicted molar refractivity (Wildman–Crippen MR) is 118 cm³/mol. The lowest BCUT2D eigenvalue weighted by Crippen LogP contribution is -2.18. The minimum atomic E-state index is -0.102. The van der Waals surface area contributed by atoms with Gasteiger partial charge in [0.15, 0.2) is 0 Å². The third kappa shape index (κ3) is 3.19. The summed E-state index contributed by atoms with van der Waals surface area (Å²) in [7, 11) is 0. The van der Waals surface area contributed by atoms with Gasteiger partial charge in [0.05, 0.1) is 5.56 Å². The molecule has 5 nitrogen and oxygen atoms in total. The zero-order valence-electron chi connectivity index (χ0n) is 16.0. The summed E-state index contributed by atoms with van der Waals surface area (Å²) in [6.45, 7) is 1.99. The summed E-state index contributed by atoms with van der Waals surface area (Å²) >= 11 is 6.09. The summed E-state index contributed by atoms with van der Waals surface area (Å²) in [6, 6.07) is 22.5. The molecule has 2 heterocycles. The Labute approximate surface area is 177 Å². The second kappa shape index (κ2) is 7.28. The van der Waals surface area contributed by atoms with E-state index in [2.05, 4.69) is 10.1 Å². The molecule has 0 aliphatic rings. The van der Waals surface area contributed by atoms with Crippen LogP contribution in [0.15, 0.2) is 88.3 Å². The summed E-state index contributed by atoms with van der Waals surface area (Å²) in [4.78, 5) is 17.7. The van der Waals surface area contributed by atoms with E-state index in [1.165, 1.54) is 0 Å². The quantitative estimate of drug-likeness (QED) is 0.382. The van der Waals surface area contributed by atoms with Gasteiger partial charge in [0, 0.05) is 33.2 Å². The van der Waals surface area contributed by atoms with Crippen LogP contribution in [0.1, 0.15) is 5.56 Å². The highest BCUT2D eigenvalue weighted by molar-refractivity contribution is 6.30. The van der Waals surface area contributed by atoms with E-state index in [1.54, 1.807) is 22.9 Å². The summed E-state index contributed by atoms with van der Waals surface area (Å²) in [5.41, 5.74) is 3.19. The molecule has 0 amide bonds. The second-order valence-electron chi connectivity index (χ2n) is 7.04. The van der Waals surface area contributed by atoms with Gasteiger partial charge in [0.25, 0.3) is 11.4 Å². The molecule has 0 radical (unpaired) electrons. The third-order valence-electron chi connectivity index (χ3n) is 4.94. The second-order valence-corrected chi connectivity index (χ2v) is 7.47. The van der Waals surface area contributed by atoms with E-state index in [9.17, 15) is 4.79 Å². The zero-order chi connectivity index (χ0) is 20.7. The molecule has 0 aliphatic heterocycles. The van der Waals surface area contributed by atoms with Crippen molar-refractivity contribution in [2.45, 2.75) is 6.92 Å². The Morgan fingerprint density at radius 2 is 1.73 bits per heavy atom. The van der Waals surface area contributed by atoms with Crippen molar-refractivity contribution in [1.29, 1.82) is 0 Å². The molecule has 146 valence electrons.